The van der Waals surface area contributed by atoms with E-state index >= 15 is 0 Å². The summed E-state index contributed by atoms with van der Waals surface area (Å²) in [7, 11) is 1.75. The van der Waals surface area contributed by atoms with Gasteiger partial charge < -0.3 is 9.84 Å². The summed E-state index contributed by atoms with van der Waals surface area (Å²) >= 11 is 0. The average molecular weight is 215 g/mol. The molecule has 0 unspecified atom stereocenters. The van der Waals surface area contributed by atoms with Gasteiger partial charge in [0.2, 0.25) is 0 Å². The van der Waals surface area contributed by atoms with Gasteiger partial charge >= 0.3 is 5.97 Å². The highest BCUT2D eigenvalue weighted by molar-refractivity contribution is 5.69. The van der Waals surface area contributed by atoms with Crippen molar-refractivity contribution in [2.75, 3.05) is 20.2 Å². The third-order valence-electron chi connectivity index (χ3n) is 3.24. The van der Waals surface area contributed by atoms with Gasteiger partial charge in [0.1, 0.15) is 0 Å². The highest BCUT2D eigenvalue weighted by atomic mass is 16.5. The van der Waals surface area contributed by atoms with Crippen LogP contribution in [0.1, 0.15) is 32.6 Å². The Morgan fingerprint density at radius 3 is 2.40 bits per heavy atom. The number of nitrogens with zero attached hydrogens (tertiary/aromatic N) is 1. The van der Waals surface area contributed by atoms with Gasteiger partial charge in [0.25, 0.3) is 0 Å². The molecule has 1 saturated carbocycles. The Balaban J connectivity index is 2.39. The number of hydrogen-bond acceptors (Lipinski definition) is 3. The Kier molecular flexibility index (Phi) is 5.05. The van der Waals surface area contributed by atoms with E-state index in [9.17, 15) is 4.79 Å². The van der Waals surface area contributed by atoms with E-state index in [2.05, 4.69) is 0 Å². The Morgan fingerprint density at radius 2 is 2.00 bits per heavy atom. The van der Waals surface area contributed by atoms with Gasteiger partial charge in [0, 0.05) is 13.2 Å². The smallest absolute Gasteiger partial charge is 0.317 e. The topological polar surface area (TPSA) is 49.8 Å². The molecule has 1 aliphatic carbocycles. The van der Waals surface area contributed by atoms with Crippen molar-refractivity contribution in [2.24, 2.45) is 0 Å². The number of aliphatic carboxylic acids is 1. The highest BCUT2D eigenvalue weighted by Gasteiger charge is 2.25. The number of likely N-dealkylation sites (N-methyl/N-ethyl adjacent to an activating group) is 1. The fraction of sp³-hybridized carbons (Fsp3) is 0.909. The zero-order valence-corrected chi connectivity index (χ0v) is 9.61. The maximum absolute atomic E-state index is 10.7. The molecule has 1 fully saturated rings. The monoisotopic (exact) mass is 215 g/mol. The number of rotatable bonds is 5. The summed E-state index contributed by atoms with van der Waals surface area (Å²) in [5, 5.41) is 8.78. The fourth-order valence-electron chi connectivity index (χ4n) is 2.32. The molecule has 0 radical (unpaired) electrons. The lowest BCUT2D eigenvalue weighted by atomic mass is 9.92. The third-order valence-corrected chi connectivity index (χ3v) is 3.24. The summed E-state index contributed by atoms with van der Waals surface area (Å²) in [6.45, 7) is 3.00. The molecule has 0 bridgehead atoms. The predicted molar refractivity (Wildman–Crippen MR) is 57.9 cm³/mol. The van der Waals surface area contributed by atoms with E-state index in [-0.39, 0.29) is 6.54 Å². The van der Waals surface area contributed by atoms with Crippen molar-refractivity contribution in [2.45, 2.75) is 44.8 Å². The van der Waals surface area contributed by atoms with Crippen LogP contribution in [0.25, 0.3) is 0 Å². The fourth-order valence-corrected chi connectivity index (χ4v) is 2.32. The van der Waals surface area contributed by atoms with E-state index in [0.717, 1.165) is 32.2 Å². The van der Waals surface area contributed by atoms with Crippen LogP contribution in [0.3, 0.4) is 0 Å². The van der Waals surface area contributed by atoms with Gasteiger partial charge in [-0.05, 0) is 32.2 Å². The molecule has 0 aliphatic heterocycles. The molecule has 0 aromatic carbocycles. The summed E-state index contributed by atoms with van der Waals surface area (Å²) in [5.74, 6) is -0.731. The molecule has 4 nitrogen and oxygen atoms in total. The Labute approximate surface area is 91.2 Å². The number of methoxy groups -OCH3 is 1. The Hall–Kier alpha value is -0.610. The lowest BCUT2D eigenvalue weighted by Gasteiger charge is -2.34. The number of hydrogen-bond donors (Lipinski definition) is 1. The van der Waals surface area contributed by atoms with Crippen LogP contribution < -0.4 is 0 Å². The van der Waals surface area contributed by atoms with Gasteiger partial charge in [-0.2, -0.15) is 0 Å². The SMILES string of the molecule is CCN(CC(=O)O)C1CCC(OC)CC1. The molecule has 0 saturated heterocycles. The second-order valence-electron chi connectivity index (χ2n) is 4.12. The molecule has 15 heavy (non-hydrogen) atoms. The molecule has 0 aromatic rings. The maximum atomic E-state index is 10.7. The molecule has 4 heteroatoms. The minimum absolute atomic E-state index is 0.165. The van der Waals surface area contributed by atoms with Crippen molar-refractivity contribution < 1.29 is 14.6 Å². The normalized spacial score (nSPS) is 26.9. The summed E-state index contributed by atoms with van der Waals surface area (Å²) in [4.78, 5) is 12.7. The molecule has 0 spiro atoms. The van der Waals surface area contributed by atoms with Gasteiger partial charge in [-0.15, -0.1) is 0 Å². The van der Waals surface area contributed by atoms with Crippen molar-refractivity contribution in [3.05, 3.63) is 0 Å². The highest BCUT2D eigenvalue weighted by Crippen LogP contribution is 2.24. The predicted octanol–water partition coefficient (Wildman–Crippen LogP) is 1.35. The van der Waals surface area contributed by atoms with E-state index in [1.54, 1.807) is 7.11 Å². The minimum Gasteiger partial charge on any atom is -0.480 e. The lowest BCUT2D eigenvalue weighted by molar-refractivity contribution is -0.139. The zero-order valence-electron chi connectivity index (χ0n) is 9.61. The first-order chi connectivity index (χ1) is 7.17. The third kappa shape index (κ3) is 3.80. The van der Waals surface area contributed by atoms with Crippen molar-refractivity contribution in [3.63, 3.8) is 0 Å². The zero-order chi connectivity index (χ0) is 11.3. The quantitative estimate of drug-likeness (QED) is 0.752. The number of carboxylic acid groups (broad SMARTS) is 1. The first-order valence-electron chi connectivity index (χ1n) is 5.66. The minimum atomic E-state index is -0.731. The second-order valence-corrected chi connectivity index (χ2v) is 4.12. The average Bonchev–Trinajstić information content (AvgIpc) is 2.26. The van der Waals surface area contributed by atoms with Crippen LogP contribution in [0, 0.1) is 0 Å². The van der Waals surface area contributed by atoms with E-state index in [0.29, 0.717) is 12.1 Å². The molecule has 88 valence electrons. The Bertz CT molecular complexity index is 200. The van der Waals surface area contributed by atoms with Gasteiger partial charge in [0.15, 0.2) is 0 Å². The van der Waals surface area contributed by atoms with Crippen LogP contribution in [-0.2, 0) is 9.53 Å². The first-order valence-corrected chi connectivity index (χ1v) is 5.66. The van der Waals surface area contributed by atoms with Crippen LogP contribution in [0.15, 0.2) is 0 Å². The van der Waals surface area contributed by atoms with Crippen molar-refractivity contribution >= 4 is 5.97 Å². The van der Waals surface area contributed by atoms with E-state index in [1.807, 2.05) is 11.8 Å². The van der Waals surface area contributed by atoms with Crippen molar-refractivity contribution in [1.29, 1.82) is 0 Å². The van der Waals surface area contributed by atoms with E-state index in [4.69, 9.17) is 9.84 Å². The standard InChI is InChI=1S/C11H21NO3/c1-3-12(8-11(13)14)9-4-6-10(15-2)7-5-9/h9-10H,3-8H2,1-2H3,(H,13,14). The van der Waals surface area contributed by atoms with Crippen LogP contribution in [0.5, 0.6) is 0 Å². The summed E-state index contributed by atoms with van der Waals surface area (Å²) < 4.78 is 5.30. The molecule has 1 rings (SSSR count). The molecule has 0 aromatic heterocycles. The van der Waals surface area contributed by atoms with E-state index < -0.39 is 5.97 Å². The van der Waals surface area contributed by atoms with Crippen LogP contribution >= 0.6 is 0 Å². The first kappa shape index (κ1) is 12.5. The number of carboxylic acids is 1. The lowest BCUT2D eigenvalue weighted by Crippen LogP contribution is -2.42. The maximum Gasteiger partial charge on any atom is 0.317 e. The molecule has 1 aliphatic rings. The molecule has 0 heterocycles. The molecule has 0 atom stereocenters. The van der Waals surface area contributed by atoms with Gasteiger partial charge in [-0.25, -0.2) is 0 Å². The molecule has 1 N–H and O–H groups in total. The van der Waals surface area contributed by atoms with Crippen molar-refractivity contribution in [3.8, 4) is 0 Å². The van der Waals surface area contributed by atoms with Gasteiger partial charge in [-0.3, -0.25) is 9.69 Å². The van der Waals surface area contributed by atoms with Gasteiger partial charge in [0.05, 0.1) is 12.6 Å². The van der Waals surface area contributed by atoms with Crippen LogP contribution in [0.4, 0.5) is 0 Å². The van der Waals surface area contributed by atoms with E-state index in [1.165, 1.54) is 0 Å². The largest absolute Gasteiger partial charge is 0.480 e. The van der Waals surface area contributed by atoms with Crippen molar-refractivity contribution in [1.82, 2.24) is 4.90 Å². The number of carbonyl (C=O) groups is 1. The summed E-state index contributed by atoms with van der Waals surface area (Å²) in [6, 6.07) is 0.428. The van der Waals surface area contributed by atoms with Gasteiger partial charge in [-0.1, -0.05) is 6.92 Å². The molecular formula is C11H21NO3. The molecule has 0 amide bonds. The van der Waals surface area contributed by atoms with Crippen LogP contribution in [0.2, 0.25) is 0 Å². The van der Waals surface area contributed by atoms with Crippen LogP contribution in [-0.4, -0.2) is 48.3 Å². The molecular weight excluding hydrogens is 194 g/mol. The number of ether oxygens (including phenoxy) is 1. The summed E-state index contributed by atoms with van der Waals surface area (Å²) in [5.41, 5.74) is 0. The Morgan fingerprint density at radius 1 is 1.40 bits per heavy atom. The summed E-state index contributed by atoms with van der Waals surface area (Å²) in [6.07, 6.45) is 4.60. The second kappa shape index (κ2) is 6.08.